The Labute approximate surface area is 127 Å². The summed E-state index contributed by atoms with van der Waals surface area (Å²) in [6.45, 7) is 1.04. The maximum Gasteiger partial charge on any atom is 0.275 e. The molecule has 0 saturated heterocycles. The highest BCUT2D eigenvalue weighted by Gasteiger charge is 2.12. The van der Waals surface area contributed by atoms with E-state index in [1.807, 2.05) is 35.7 Å². The van der Waals surface area contributed by atoms with Crippen molar-refractivity contribution in [2.45, 2.75) is 13.0 Å². The van der Waals surface area contributed by atoms with E-state index in [1.165, 1.54) is 16.9 Å². The molecule has 1 aromatic heterocycles. The van der Waals surface area contributed by atoms with E-state index in [1.54, 1.807) is 7.11 Å². The number of carbonyl (C=O) groups is 1. The number of thiophene rings is 1. The summed E-state index contributed by atoms with van der Waals surface area (Å²) < 4.78 is 10.7. The Kier molecular flexibility index (Phi) is 5.74. The number of ether oxygens (including phenoxy) is 2. The zero-order valence-electron chi connectivity index (χ0n) is 11.8. The predicted octanol–water partition coefficient (Wildman–Crippen LogP) is 2.12. The van der Waals surface area contributed by atoms with Gasteiger partial charge in [0.15, 0.2) is 0 Å². The van der Waals surface area contributed by atoms with Gasteiger partial charge in [0.25, 0.3) is 5.91 Å². The van der Waals surface area contributed by atoms with Crippen molar-refractivity contribution in [3.63, 3.8) is 0 Å². The van der Waals surface area contributed by atoms with Gasteiger partial charge in [0.05, 0.1) is 11.5 Å². The van der Waals surface area contributed by atoms with Gasteiger partial charge >= 0.3 is 0 Å². The molecule has 0 radical (unpaired) electrons. The smallest absolute Gasteiger partial charge is 0.275 e. The number of methoxy groups -OCH3 is 1. The van der Waals surface area contributed by atoms with Gasteiger partial charge in [-0.05, 0) is 35.6 Å². The maximum atomic E-state index is 11.6. The Hall–Kier alpha value is -1.89. The van der Waals surface area contributed by atoms with Gasteiger partial charge in [-0.25, -0.2) is 5.84 Å². The molecular formula is C15H18N2O3S. The van der Waals surface area contributed by atoms with Crippen LogP contribution in [0, 0.1) is 0 Å². The van der Waals surface area contributed by atoms with Crippen molar-refractivity contribution in [2.75, 3.05) is 13.7 Å². The van der Waals surface area contributed by atoms with Gasteiger partial charge < -0.3 is 9.47 Å². The standard InChI is InChI=1S/C15H18N2O3S/c1-19-8-6-11-2-4-13(5-3-11)20-10-12-7-9-21-14(12)15(18)17-16/h2-5,7,9H,6,8,10,16H2,1H3,(H,17,18). The second-order valence-corrected chi connectivity index (χ2v) is 5.34. The fourth-order valence-electron chi connectivity index (χ4n) is 1.85. The molecule has 0 fully saturated rings. The van der Waals surface area contributed by atoms with Gasteiger partial charge in [-0.15, -0.1) is 11.3 Å². The minimum Gasteiger partial charge on any atom is -0.489 e. The van der Waals surface area contributed by atoms with Crippen LogP contribution in [0.5, 0.6) is 5.75 Å². The van der Waals surface area contributed by atoms with E-state index in [2.05, 4.69) is 5.43 Å². The molecule has 0 unspecified atom stereocenters. The zero-order valence-corrected chi connectivity index (χ0v) is 12.6. The number of amides is 1. The third-order valence-corrected chi connectivity index (χ3v) is 3.95. The Bertz CT molecular complexity index is 581. The SMILES string of the molecule is COCCc1ccc(OCc2ccsc2C(=O)NN)cc1. The first-order valence-corrected chi connectivity index (χ1v) is 7.40. The third kappa shape index (κ3) is 4.29. The summed E-state index contributed by atoms with van der Waals surface area (Å²) >= 11 is 1.34. The van der Waals surface area contributed by atoms with Crippen molar-refractivity contribution >= 4 is 17.2 Å². The fraction of sp³-hybridized carbons (Fsp3) is 0.267. The van der Waals surface area contributed by atoms with Crippen molar-refractivity contribution in [2.24, 2.45) is 5.84 Å². The van der Waals surface area contributed by atoms with Gasteiger partial charge in [-0.3, -0.25) is 10.2 Å². The first kappa shape index (κ1) is 15.5. The molecule has 3 N–H and O–H groups in total. The molecule has 2 aromatic rings. The first-order valence-electron chi connectivity index (χ1n) is 6.52. The molecule has 1 aromatic carbocycles. The highest BCUT2D eigenvalue weighted by molar-refractivity contribution is 7.12. The van der Waals surface area contributed by atoms with Gasteiger partial charge in [0.2, 0.25) is 0 Å². The molecule has 1 heterocycles. The molecule has 2 rings (SSSR count). The summed E-state index contributed by atoms with van der Waals surface area (Å²) in [5, 5.41) is 1.84. The van der Waals surface area contributed by atoms with E-state index < -0.39 is 0 Å². The van der Waals surface area contributed by atoms with E-state index in [0.29, 0.717) is 18.1 Å². The van der Waals surface area contributed by atoms with E-state index in [0.717, 1.165) is 17.7 Å². The fourth-order valence-corrected chi connectivity index (χ4v) is 2.66. The van der Waals surface area contributed by atoms with Crippen molar-refractivity contribution in [3.8, 4) is 5.75 Å². The number of rotatable bonds is 7. The van der Waals surface area contributed by atoms with E-state index in [9.17, 15) is 4.79 Å². The summed E-state index contributed by atoms with van der Waals surface area (Å²) in [6.07, 6.45) is 0.877. The lowest BCUT2D eigenvalue weighted by Crippen LogP contribution is -2.30. The number of nitrogen functional groups attached to an aromatic ring is 1. The molecule has 21 heavy (non-hydrogen) atoms. The van der Waals surface area contributed by atoms with Crippen LogP contribution < -0.4 is 16.0 Å². The zero-order chi connectivity index (χ0) is 15.1. The van der Waals surface area contributed by atoms with E-state index >= 15 is 0 Å². The van der Waals surface area contributed by atoms with Crippen LogP contribution in [-0.4, -0.2) is 19.6 Å². The molecule has 0 saturated carbocycles. The summed E-state index contributed by atoms with van der Waals surface area (Å²) in [4.78, 5) is 12.1. The molecule has 0 aliphatic carbocycles. The average Bonchev–Trinajstić information content (AvgIpc) is 2.99. The van der Waals surface area contributed by atoms with Crippen molar-refractivity contribution in [1.29, 1.82) is 0 Å². The Morgan fingerprint density at radius 1 is 1.29 bits per heavy atom. The summed E-state index contributed by atoms with van der Waals surface area (Å²) in [5.41, 5.74) is 4.16. The number of nitrogens with one attached hydrogen (secondary N) is 1. The quantitative estimate of drug-likeness (QED) is 0.467. The van der Waals surface area contributed by atoms with Crippen molar-refractivity contribution < 1.29 is 14.3 Å². The van der Waals surface area contributed by atoms with Gasteiger partial charge in [-0.1, -0.05) is 12.1 Å². The van der Waals surface area contributed by atoms with Gasteiger partial charge in [0, 0.05) is 12.7 Å². The minimum absolute atomic E-state index is 0.293. The number of hydrogen-bond acceptors (Lipinski definition) is 5. The number of benzene rings is 1. The molecule has 112 valence electrons. The van der Waals surface area contributed by atoms with E-state index in [4.69, 9.17) is 15.3 Å². The largest absolute Gasteiger partial charge is 0.489 e. The molecule has 0 aliphatic rings. The Morgan fingerprint density at radius 3 is 2.71 bits per heavy atom. The summed E-state index contributed by atoms with van der Waals surface area (Å²) in [6, 6.07) is 9.72. The molecule has 5 nitrogen and oxygen atoms in total. The second-order valence-electron chi connectivity index (χ2n) is 4.42. The lowest BCUT2D eigenvalue weighted by Gasteiger charge is -2.08. The minimum atomic E-state index is -0.293. The summed E-state index contributed by atoms with van der Waals surface area (Å²) in [5.74, 6) is 5.62. The molecule has 0 atom stereocenters. The summed E-state index contributed by atoms with van der Waals surface area (Å²) in [7, 11) is 1.69. The Morgan fingerprint density at radius 2 is 2.05 bits per heavy atom. The molecule has 1 amide bonds. The predicted molar refractivity (Wildman–Crippen MR) is 82.3 cm³/mol. The van der Waals surface area contributed by atoms with Crippen LogP contribution in [0.4, 0.5) is 0 Å². The molecular weight excluding hydrogens is 288 g/mol. The number of hydrazine groups is 1. The van der Waals surface area contributed by atoms with Crippen molar-refractivity contribution in [3.05, 3.63) is 51.7 Å². The third-order valence-electron chi connectivity index (χ3n) is 3.00. The van der Waals surface area contributed by atoms with Gasteiger partial charge in [0.1, 0.15) is 12.4 Å². The van der Waals surface area contributed by atoms with Crippen LogP contribution in [0.25, 0.3) is 0 Å². The Balaban J connectivity index is 1.94. The van der Waals surface area contributed by atoms with Crippen LogP contribution in [-0.2, 0) is 17.8 Å². The van der Waals surface area contributed by atoms with Gasteiger partial charge in [-0.2, -0.15) is 0 Å². The lowest BCUT2D eigenvalue weighted by molar-refractivity contribution is 0.0955. The van der Waals surface area contributed by atoms with E-state index in [-0.39, 0.29) is 5.91 Å². The maximum absolute atomic E-state index is 11.6. The first-order chi connectivity index (χ1) is 10.2. The number of hydrogen-bond donors (Lipinski definition) is 2. The second kappa shape index (κ2) is 7.78. The van der Waals surface area contributed by atoms with Crippen LogP contribution >= 0.6 is 11.3 Å². The van der Waals surface area contributed by atoms with Crippen molar-refractivity contribution in [1.82, 2.24) is 5.43 Å². The van der Waals surface area contributed by atoms with Crippen LogP contribution in [0.1, 0.15) is 20.8 Å². The topological polar surface area (TPSA) is 73.6 Å². The molecule has 0 spiro atoms. The number of carbonyl (C=O) groups excluding carboxylic acids is 1. The monoisotopic (exact) mass is 306 g/mol. The highest BCUT2D eigenvalue weighted by atomic mass is 32.1. The average molecular weight is 306 g/mol. The lowest BCUT2D eigenvalue weighted by atomic mass is 10.1. The number of nitrogens with two attached hydrogens (primary N) is 1. The van der Waals surface area contributed by atoms with Crippen LogP contribution in [0.3, 0.4) is 0 Å². The van der Waals surface area contributed by atoms with Crippen LogP contribution in [0.15, 0.2) is 35.7 Å². The highest BCUT2D eigenvalue weighted by Crippen LogP contribution is 2.20. The normalized spacial score (nSPS) is 10.4. The molecule has 0 bridgehead atoms. The van der Waals surface area contributed by atoms with Crippen LogP contribution in [0.2, 0.25) is 0 Å². The molecule has 0 aliphatic heterocycles. The molecule has 6 heteroatoms.